The molecule has 0 rings (SSSR count). The zero-order chi connectivity index (χ0) is 17.2. The number of ether oxygens (including phenoxy) is 5. The van der Waals surface area contributed by atoms with Crippen LogP contribution in [-0.4, -0.2) is 59.1 Å². The van der Waals surface area contributed by atoms with Crippen LogP contribution in [0.2, 0.25) is 0 Å². The molecule has 0 radical (unpaired) electrons. The van der Waals surface area contributed by atoms with Crippen LogP contribution in [0.3, 0.4) is 0 Å². The van der Waals surface area contributed by atoms with Crippen LogP contribution in [0.4, 0.5) is 0 Å². The molecule has 0 heterocycles. The van der Waals surface area contributed by atoms with Crippen molar-refractivity contribution in [2.45, 2.75) is 59.7 Å². The van der Waals surface area contributed by atoms with E-state index in [1.165, 1.54) is 0 Å². The summed E-state index contributed by atoms with van der Waals surface area (Å²) in [6.07, 6.45) is 4.11. The topological polar surface area (TPSA) is 46.2 Å². The monoisotopic (exact) mass is 334 g/mol. The molecule has 0 aromatic carbocycles. The van der Waals surface area contributed by atoms with Gasteiger partial charge in [-0.05, 0) is 19.3 Å². The molecular weight excluding hydrogens is 296 g/mol. The zero-order valence-electron chi connectivity index (χ0n) is 15.7. The highest BCUT2D eigenvalue weighted by Crippen LogP contribution is 2.15. The Morgan fingerprint density at radius 3 is 1.43 bits per heavy atom. The average molecular weight is 334 g/mol. The quantitative estimate of drug-likeness (QED) is 0.283. The molecule has 0 saturated heterocycles. The lowest BCUT2D eigenvalue weighted by Crippen LogP contribution is -2.28. The van der Waals surface area contributed by atoms with Gasteiger partial charge in [-0.15, -0.1) is 0 Å². The minimum Gasteiger partial charge on any atom is -0.379 e. The predicted molar refractivity (Wildman–Crippen MR) is 92.8 cm³/mol. The Hall–Kier alpha value is -0.200. The van der Waals surface area contributed by atoms with Crippen molar-refractivity contribution in [1.29, 1.82) is 0 Å². The van der Waals surface area contributed by atoms with Crippen LogP contribution >= 0.6 is 0 Å². The van der Waals surface area contributed by atoms with E-state index in [1.807, 2.05) is 0 Å². The van der Waals surface area contributed by atoms with Gasteiger partial charge in [0, 0.05) is 19.1 Å². The number of hydrogen-bond donors (Lipinski definition) is 0. The summed E-state index contributed by atoms with van der Waals surface area (Å²) in [5, 5.41) is 0. The molecule has 0 aromatic heterocycles. The third-order valence-corrected chi connectivity index (χ3v) is 3.30. The molecule has 0 saturated carbocycles. The molecule has 0 aliphatic rings. The normalized spacial score (nSPS) is 14.1. The third kappa shape index (κ3) is 15.1. The van der Waals surface area contributed by atoms with Gasteiger partial charge >= 0.3 is 0 Å². The van der Waals surface area contributed by atoms with Crippen molar-refractivity contribution in [3.05, 3.63) is 0 Å². The van der Waals surface area contributed by atoms with E-state index in [2.05, 4.69) is 27.7 Å². The van der Waals surface area contributed by atoms with E-state index in [-0.39, 0.29) is 6.29 Å². The first-order valence-corrected chi connectivity index (χ1v) is 9.22. The second-order valence-corrected chi connectivity index (χ2v) is 5.71. The first-order valence-electron chi connectivity index (χ1n) is 9.22. The van der Waals surface area contributed by atoms with Crippen molar-refractivity contribution >= 4 is 0 Å². The summed E-state index contributed by atoms with van der Waals surface area (Å²) in [5.41, 5.74) is 0. The Morgan fingerprint density at radius 2 is 1.00 bits per heavy atom. The highest BCUT2D eigenvalue weighted by atomic mass is 16.7. The van der Waals surface area contributed by atoms with Crippen molar-refractivity contribution in [2.24, 2.45) is 5.92 Å². The Morgan fingerprint density at radius 1 is 0.565 bits per heavy atom. The summed E-state index contributed by atoms with van der Waals surface area (Å²) in [5.74, 6) is 0.374. The second kappa shape index (κ2) is 18.1. The van der Waals surface area contributed by atoms with Crippen LogP contribution in [0.25, 0.3) is 0 Å². The minimum absolute atomic E-state index is 0.180. The maximum atomic E-state index is 5.85. The predicted octanol–water partition coefficient (Wildman–Crippen LogP) is 3.65. The van der Waals surface area contributed by atoms with E-state index in [1.54, 1.807) is 0 Å². The molecule has 2 atom stereocenters. The van der Waals surface area contributed by atoms with Crippen LogP contribution < -0.4 is 0 Å². The van der Waals surface area contributed by atoms with Gasteiger partial charge in [-0.3, -0.25) is 0 Å². The molecule has 0 bridgehead atoms. The first kappa shape index (κ1) is 22.8. The lowest BCUT2D eigenvalue weighted by atomic mass is 10.1. The minimum atomic E-state index is -0.180. The number of rotatable bonds is 18. The summed E-state index contributed by atoms with van der Waals surface area (Å²) in [6, 6.07) is 0. The third-order valence-electron chi connectivity index (χ3n) is 3.30. The smallest absolute Gasteiger partial charge is 0.160 e. The van der Waals surface area contributed by atoms with Crippen LogP contribution in [0.5, 0.6) is 0 Å². The molecule has 140 valence electrons. The highest BCUT2D eigenvalue weighted by molar-refractivity contribution is 4.57. The Balaban J connectivity index is 3.75. The molecule has 5 nitrogen and oxygen atoms in total. The fourth-order valence-corrected chi connectivity index (χ4v) is 2.13. The van der Waals surface area contributed by atoms with Crippen molar-refractivity contribution < 1.29 is 23.7 Å². The molecule has 0 spiro atoms. The second-order valence-electron chi connectivity index (χ2n) is 5.71. The SMILES string of the molecule is CCCOCCOCCOC(OCCOCCC)C(C)CCC. The van der Waals surface area contributed by atoms with Gasteiger partial charge in [-0.1, -0.05) is 34.1 Å². The summed E-state index contributed by atoms with van der Waals surface area (Å²) >= 11 is 0. The van der Waals surface area contributed by atoms with E-state index < -0.39 is 0 Å². The van der Waals surface area contributed by atoms with Crippen molar-refractivity contribution in [3.63, 3.8) is 0 Å². The van der Waals surface area contributed by atoms with Crippen LogP contribution in [0, 0.1) is 5.92 Å². The highest BCUT2D eigenvalue weighted by Gasteiger charge is 2.17. The van der Waals surface area contributed by atoms with Crippen molar-refractivity contribution in [1.82, 2.24) is 0 Å². The summed E-state index contributed by atoms with van der Waals surface area (Å²) in [6.45, 7) is 13.7. The molecule has 0 aliphatic carbocycles. The molecule has 0 aromatic rings. The molecular formula is C18H38O5. The molecule has 0 N–H and O–H groups in total. The van der Waals surface area contributed by atoms with Crippen molar-refractivity contribution in [3.8, 4) is 0 Å². The Bertz CT molecular complexity index is 225. The largest absolute Gasteiger partial charge is 0.379 e. The molecule has 0 fully saturated rings. The van der Waals surface area contributed by atoms with Crippen LogP contribution in [0.1, 0.15) is 53.4 Å². The molecule has 23 heavy (non-hydrogen) atoms. The maximum absolute atomic E-state index is 5.85. The average Bonchev–Trinajstić information content (AvgIpc) is 2.55. The van der Waals surface area contributed by atoms with Gasteiger partial charge < -0.3 is 23.7 Å². The van der Waals surface area contributed by atoms with Gasteiger partial charge in [0.25, 0.3) is 0 Å². The summed E-state index contributed by atoms with van der Waals surface area (Å²) in [7, 11) is 0. The van der Waals surface area contributed by atoms with E-state index >= 15 is 0 Å². The fourth-order valence-electron chi connectivity index (χ4n) is 2.13. The Kier molecular flexibility index (Phi) is 18.0. The van der Waals surface area contributed by atoms with Gasteiger partial charge in [-0.25, -0.2) is 0 Å². The van der Waals surface area contributed by atoms with E-state index in [0.29, 0.717) is 45.6 Å². The lowest BCUT2D eigenvalue weighted by Gasteiger charge is -2.24. The molecule has 5 heteroatoms. The number of hydrogen-bond acceptors (Lipinski definition) is 5. The first-order chi connectivity index (χ1) is 11.3. The summed E-state index contributed by atoms with van der Waals surface area (Å²) in [4.78, 5) is 0. The van der Waals surface area contributed by atoms with Crippen LogP contribution in [-0.2, 0) is 23.7 Å². The van der Waals surface area contributed by atoms with E-state index in [4.69, 9.17) is 23.7 Å². The summed E-state index contributed by atoms with van der Waals surface area (Å²) < 4.78 is 28.0. The van der Waals surface area contributed by atoms with Gasteiger partial charge in [-0.2, -0.15) is 0 Å². The van der Waals surface area contributed by atoms with Gasteiger partial charge in [0.1, 0.15) is 0 Å². The zero-order valence-corrected chi connectivity index (χ0v) is 15.7. The van der Waals surface area contributed by atoms with Gasteiger partial charge in [0.05, 0.1) is 39.6 Å². The van der Waals surface area contributed by atoms with Gasteiger partial charge in [0.2, 0.25) is 0 Å². The lowest BCUT2D eigenvalue weighted by molar-refractivity contribution is -0.183. The standard InChI is InChI=1S/C18H38O5/c1-5-8-17(4)18(22-15-13-20-10-7-3)23-16-14-21-12-11-19-9-6-2/h17-18H,5-16H2,1-4H3. The molecule has 2 unspecified atom stereocenters. The molecule has 0 amide bonds. The Labute approximate surface area is 143 Å². The van der Waals surface area contributed by atoms with Crippen molar-refractivity contribution in [2.75, 3.05) is 52.9 Å². The molecule has 0 aliphatic heterocycles. The van der Waals surface area contributed by atoms with Gasteiger partial charge in [0.15, 0.2) is 6.29 Å². The van der Waals surface area contributed by atoms with E-state index in [0.717, 1.165) is 38.9 Å². The fraction of sp³-hybridized carbons (Fsp3) is 1.00. The van der Waals surface area contributed by atoms with E-state index in [9.17, 15) is 0 Å². The van der Waals surface area contributed by atoms with Crippen LogP contribution in [0.15, 0.2) is 0 Å². The maximum Gasteiger partial charge on any atom is 0.160 e.